The van der Waals surface area contributed by atoms with Crippen molar-refractivity contribution in [3.05, 3.63) is 0 Å². The maximum absolute atomic E-state index is 8.03. The lowest BCUT2D eigenvalue weighted by molar-refractivity contribution is 0.00118. The van der Waals surface area contributed by atoms with Crippen LogP contribution in [-0.2, 0) is 4.74 Å². The molecule has 0 atom stereocenters. The van der Waals surface area contributed by atoms with E-state index in [9.17, 15) is 0 Å². The van der Waals surface area contributed by atoms with Crippen molar-refractivity contribution in [2.75, 3.05) is 13.4 Å². The van der Waals surface area contributed by atoms with Crippen LogP contribution in [-0.4, -0.2) is 22.3 Å². The normalized spacial score (nSPS) is 12.0. The zero-order chi connectivity index (χ0) is 6.62. The molecule has 0 aliphatic heterocycles. The van der Waals surface area contributed by atoms with Crippen molar-refractivity contribution in [1.29, 1.82) is 0 Å². The lowest BCUT2D eigenvalue weighted by Gasteiger charge is -2.07. The molecule has 0 unspecified atom stereocenters. The van der Waals surface area contributed by atoms with Gasteiger partial charge in [-0.05, 0) is 0 Å². The standard InChI is InChI=1S/C3H5Cl3O2/c4-3(5,6)1-8-2-7/h7H,1-2H2. The van der Waals surface area contributed by atoms with Crippen molar-refractivity contribution in [2.24, 2.45) is 0 Å². The van der Waals surface area contributed by atoms with Crippen molar-refractivity contribution in [1.82, 2.24) is 0 Å². The second-order valence-electron chi connectivity index (χ2n) is 1.09. The number of hydrogen-bond donors (Lipinski definition) is 1. The highest BCUT2D eigenvalue weighted by Crippen LogP contribution is 2.25. The van der Waals surface area contributed by atoms with Crippen LogP contribution in [0.1, 0.15) is 0 Å². The first-order chi connectivity index (χ1) is 3.56. The van der Waals surface area contributed by atoms with Crippen molar-refractivity contribution < 1.29 is 9.84 Å². The molecule has 8 heavy (non-hydrogen) atoms. The number of ether oxygens (including phenoxy) is 1. The molecule has 0 saturated carbocycles. The van der Waals surface area contributed by atoms with E-state index in [0.717, 1.165) is 0 Å². The molecule has 0 amide bonds. The average Bonchev–Trinajstić information content (AvgIpc) is 1.59. The van der Waals surface area contributed by atoms with Crippen LogP contribution in [0, 0.1) is 0 Å². The van der Waals surface area contributed by atoms with Gasteiger partial charge in [-0.25, -0.2) is 0 Å². The van der Waals surface area contributed by atoms with Gasteiger partial charge in [0.15, 0.2) is 0 Å². The molecule has 0 aliphatic rings. The first kappa shape index (κ1) is 8.79. The molecule has 0 aromatic rings. The summed E-state index contributed by atoms with van der Waals surface area (Å²) in [6.45, 7) is -0.512. The number of alkyl halides is 3. The molecule has 0 aliphatic carbocycles. The van der Waals surface area contributed by atoms with E-state index in [4.69, 9.17) is 39.9 Å². The van der Waals surface area contributed by atoms with Crippen LogP contribution in [0.4, 0.5) is 0 Å². The number of aliphatic hydroxyl groups is 1. The van der Waals surface area contributed by atoms with Gasteiger partial charge in [-0.2, -0.15) is 0 Å². The van der Waals surface area contributed by atoms with Gasteiger partial charge in [-0.3, -0.25) is 0 Å². The topological polar surface area (TPSA) is 29.5 Å². The molecule has 0 fully saturated rings. The van der Waals surface area contributed by atoms with Crippen LogP contribution in [0.15, 0.2) is 0 Å². The van der Waals surface area contributed by atoms with Gasteiger partial charge in [0.05, 0.1) is 6.61 Å². The minimum Gasteiger partial charge on any atom is -0.371 e. The monoisotopic (exact) mass is 178 g/mol. The summed E-state index contributed by atoms with van der Waals surface area (Å²) in [7, 11) is 0. The van der Waals surface area contributed by atoms with E-state index < -0.39 is 10.6 Å². The Bertz CT molecular complexity index is 60.0. The maximum Gasteiger partial charge on any atom is 0.213 e. The van der Waals surface area contributed by atoms with Gasteiger partial charge in [0.2, 0.25) is 3.79 Å². The van der Waals surface area contributed by atoms with Crippen LogP contribution in [0.3, 0.4) is 0 Å². The molecule has 0 spiro atoms. The highest BCUT2D eigenvalue weighted by molar-refractivity contribution is 6.67. The molecule has 0 saturated heterocycles. The average molecular weight is 179 g/mol. The second kappa shape index (κ2) is 3.75. The van der Waals surface area contributed by atoms with E-state index in [-0.39, 0.29) is 6.61 Å². The van der Waals surface area contributed by atoms with Gasteiger partial charge in [-0.15, -0.1) is 0 Å². The largest absolute Gasteiger partial charge is 0.371 e. The fourth-order valence-corrected chi connectivity index (χ4v) is 0.393. The molecule has 0 radical (unpaired) electrons. The molecule has 0 rings (SSSR count). The molecule has 0 aromatic heterocycles. The Morgan fingerprint density at radius 2 is 1.88 bits per heavy atom. The summed E-state index contributed by atoms with van der Waals surface area (Å²) in [5.74, 6) is 0. The van der Waals surface area contributed by atoms with Crippen LogP contribution in [0.5, 0.6) is 0 Å². The van der Waals surface area contributed by atoms with E-state index in [0.29, 0.717) is 0 Å². The quantitative estimate of drug-likeness (QED) is 0.512. The summed E-state index contributed by atoms with van der Waals surface area (Å²) >= 11 is 15.6. The van der Waals surface area contributed by atoms with Gasteiger partial charge >= 0.3 is 0 Å². The van der Waals surface area contributed by atoms with Gasteiger partial charge in [0, 0.05) is 0 Å². The Kier molecular flexibility index (Phi) is 4.12. The number of hydrogen-bond acceptors (Lipinski definition) is 2. The van der Waals surface area contributed by atoms with Gasteiger partial charge < -0.3 is 9.84 Å². The van der Waals surface area contributed by atoms with E-state index in [1.165, 1.54) is 0 Å². The molecule has 2 nitrogen and oxygen atoms in total. The van der Waals surface area contributed by atoms with Gasteiger partial charge in [0.25, 0.3) is 0 Å². The van der Waals surface area contributed by atoms with Crippen molar-refractivity contribution >= 4 is 34.8 Å². The molecule has 50 valence electrons. The second-order valence-corrected chi connectivity index (χ2v) is 3.61. The predicted octanol–water partition coefficient (Wildman–Crippen LogP) is 1.32. The predicted molar refractivity (Wildman–Crippen MR) is 33.3 cm³/mol. The van der Waals surface area contributed by atoms with Crippen LogP contribution >= 0.6 is 34.8 Å². The molecular formula is C3H5Cl3O2. The van der Waals surface area contributed by atoms with Gasteiger partial charge in [0.1, 0.15) is 6.79 Å². The molecular weight excluding hydrogens is 174 g/mol. The number of aliphatic hydroxyl groups excluding tert-OH is 1. The Balaban J connectivity index is 3.11. The first-order valence-corrected chi connectivity index (χ1v) is 2.95. The maximum atomic E-state index is 8.03. The lowest BCUT2D eigenvalue weighted by Crippen LogP contribution is -2.12. The Morgan fingerprint density at radius 1 is 1.38 bits per heavy atom. The van der Waals surface area contributed by atoms with Crippen LogP contribution < -0.4 is 0 Å². The Labute approximate surface area is 62.3 Å². The zero-order valence-electron chi connectivity index (χ0n) is 3.90. The summed E-state index contributed by atoms with van der Waals surface area (Å²) in [6, 6.07) is 0. The van der Waals surface area contributed by atoms with Crippen LogP contribution in [0.25, 0.3) is 0 Å². The van der Waals surface area contributed by atoms with Crippen molar-refractivity contribution in [3.8, 4) is 0 Å². The van der Waals surface area contributed by atoms with Crippen molar-refractivity contribution in [2.45, 2.75) is 3.79 Å². The minimum atomic E-state index is -1.41. The van der Waals surface area contributed by atoms with Crippen LogP contribution in [0.2, 0.25) is 0 Å². The SMILES string of the molecule is OCOCC(Cl)(Cl)Cl. The summed E-state index contributed by atoms with van der Waals surface area (Å²) in [4.78, 5) is 0. The molecule has 0 aromatic carbocycles. The van der Waals surface area contributed by atoms with E-state index in [2.05, 4.69) is 4.74 Å². The number of halogens is 3. The first-order valence-electron chi connectivity index (χ1n) is 1.81. The van der Waals surface area contributed by atoms with E-state index >= 15 is 0 Å². The highest BCUT2D eigenvalue weighted by Gasteiger charge is 2.18. The fraction of sp³-hybridized carbons (Fsp3) is 1.00. The zero-order valence-corrected chi connectivity index (χ0v) is 6.17. The summed E-state index contributed by atoms with van der Waals surface area (Å²) < 4.78 is 2.94. The third kappa shape index (κ3) is 6.79. The molecule has 0 bridgehead atoms. The third-order valence-corrected chi connectivity index (χ3v) is 0.684. The number of rotatable bonds is 2. The minimum absolute atomic E-state index is 0.0891. The summed E-state index contributed by atoms with van der Waals surface area (Å²) in [6.07, 6.45) is 0. The Hall–Kier alpha value is 0.790. The Morgan fingerprint density at radius 3 is 2.00 bits per heavy atom. The third-order valence-electron chi connectivity index (χ3n) is 0.357. The molecule has 1 N–H and O–H groups in total. The highest BCUT2D eigenvalue weighted by atomic mass is 35.6. The van der Waals surface area contributed by atoms with Gasteiger partial charge in [-0.1, -0.05) is 34.8 Å². The molecule has 0 heterocycles. The van der Waals surface area contributed by atoms with E-state index in [1.54, 1.807) is 0 Å². The van der Waals surface area contributed by atoms with Crippen molar-refractivity contribution in [3.63, 3.8) is 0 Å². The smallest absolute Gasteiger partial charge is 0.213 e. The molecule has 5 heteroatoms. The summed E-state index contributed by atoms with van der Waals surface area (Å²) in [5, 5.41) is 8.03. The lowest BCUT2D eigenvalue weighted by atomic mass is 10.8. The fourth-order valence-electron chi connectivity index (χ4n) is 0.161. The van der Waals surface area contributed by atoms with E-state index in [1.807, 2.05) is 0 Å². The summed E-state index contributed by atoms with van der Waals surface area (Å²) in [5.41, 5.74) is 0.